The summed E-state index contributed by atoms with van der Waals surface area (Å²) in [6, 6.07) is 4.94. The van der Waals surface area contributed by atoms with Crippen molar-refractivity contribution in [2.24, 2.45) is 5.92 Å². The van der Waals surface area contributed by atoms with Gasteiger partial charge in [0.15, 0.2) is 15.1 Å². The lowest BCUT2D eigenvalue weighted by molar-refractivity contribution is -0.137. The molecule has 0 saturated heterocycles. The van der Waals surface area contributed by atoms with E-state index in [2.05, 4.69) is 0 Å². The smallest absolute Gasteiger partial charge is 0.322 e. The first-order valence-corrected chi connectivity index (χ1v) is 7.80. The standard InChI is InChI=1S/C14H20O4S/c1-5-10(3)13(14(15)16)19(17,18)12-7-6-9(2)8-11(12)4/h6-8,10,13H,5H2,1-4H3,(H,15,16). The van der Waals surface area contributed by atoms with Crippen molar-refractivity contribution >= 4 is 15.8 Å². The Labute approximate surface area is 114 Å². The first kappa shape index (κ1) is 15.7. The molecule has 0 radical (unpaired) electrons. The lowest BCUT2D eigenvalue weighted by Gasteiger charge is -2.20. The molecule has 0 aliphatic rings. The third-order valence-electron chi connectivity index (χ3n) is 3.38. The van der Waals surface area contributed by atoms with E-state index in [4.69, 9.17) is 0 Å². The zero-order valence-corrected chi connectivity index (χ0v) is 12.5. The van der Waals surface area contributed by atoms with Crippen LogP contribution in [0.2, 0.25) is 0 Å². The summed E-state index contributed by atoms with van der Waals surface area (Å²) in [5.74, 6) is -1.71. The van der Waals surface area contributed by atoms with Crippen molar-refractivity contribution in [1.29, 1.82) is 0 Å². The van der Waals surface area contributed by atoms with E-state index in [1.54, 1.807) is 32.9 Å². The molecule has 1 aromatic rings. The number of sulfone groups is 1. The number of benzene rings is 1. The minimum atomic E-state index is -3.86. The van der Waals surface area contributed by atoms with Gasteiger partial charge >= 0.3 is 5.97 Å². The molecule has 19 heavy (non-hydrogen) atoms. The second kappa shape index (κ2) is 5.74. The molecule has 2 atom stereocenters. The summed E-state index contributed by atoms with van der Waals surface area (Å²) in [5, 5.41) is 7.85. The van der Waals surface area contributed by atoms with E-state index in [-0.39, 0.29) is 4.90 Å². The summed E-state index contributed by atoms with van der Waals surface area (Å²) in [7, 11) is -3.86. The van der Waals surface area contributed by atoms with Gasteiger partial charge in [-0.2, -0.15) is 0 Å². The van der Waals surface area contributed by atoms with E-state index >= 15 is 0 Å². The minimum absolute atomic E-state index is 0.116. The fourth-order valence-electron chi connectivity index (χ4n) is 2.15. The summed E-state index contributed by atoms with van der Waals surface area (Å²) < 4.78 is 25.1. The van der Waals surface area contributed by atoms with Crippen LogP contribution in [0.25, 0.3) is 0 Å². The molecular formula is C14H20O4S. The average molecular weight is 284 g/mol. The van der Waals surface area contributed by atoms with E-state index in [9.17, 15) is 18.3 Å². The molecule has 1 aromatic carbocycles. The number of aliphatic carboxylic acids is 1. The Morgan fingerprint density at radius 2 is 1.89 bits per heavy atom. The van der Waals surface area contributed by atoms with Crippen LogP contribution in [0.1, 0.15) is 31.4 Å². The van der Waals surface area contributed by atoms with Gasteiger partial charge in [0.1, 0.15) is 0 Å². The van der Waals surface area contributed by atoms with Crippen LogP contribution in [0.4, 0.5) is 0 Å². The largest absolute Gasteiger partial charge is 0.480 e. The van der Waals surface area contributed by atoms with Gasteiger partial charge in [-0.15, -0.1) is 0 Å². The normalized spacial score (nSPS) is 14.9. The molecule has 1 rings (SSSR count). The van der Waals surface area contributed by atoms with Crippen LogP contribution < -0.4 is 0 Å². The Balaban J connectivity index is 3.39. The van der Waals surface area contributed by atoms with Gasteiger partial charge in [0.05, 0.1) is 4.90 Å². The van der Waals surface area contributed by atoms with Gasteiger partial charge in [-0.25, -0.2) is 8.42 Å². The third kappa shape index (κ3) is 3.15. The molecular weight excluding hydrogens is 264 g/mol. The second-order valence-electron chi connectivity index (χ2n) is 4.96. The molecule has 5 heteroatoms. The Hall–Kier alpha value is -1.36. The van der Waals surface area contributed by atoms with Crippen molar-refractivity contribution in [3.8, 4) is 0 Å². The molecule has 0 heterocycles. The Kier molecular flexibility index (Phi) is 4.74. The van der Waals surface area contributed by atoms with Crippen LogP contribution >= 0.6 is 0 Å². The Morgan fingerprint density at radius 1 is 1.32 bits per heavy atom. The molecule has 106 valence electrons. The van der Waals surface area contributed by atoms with Crippen LogP contribution in [-0.2, 0) is 14.6 Å². The molecule has 4 nitrogen and oxygen atoms in total. The van der Waals surface area contributed by atoms with Crippen LogP contribution in [-0.4, -0.2) is 24.7 Å². The van der Waals surface area contributed by atoms with Crippen molar-refractivity contribution in [3.63, 3.8) is 0 Å². The summed E-state index contributed by atoms with van der Waals surface area (Å²) in [4.78, 5) is 11.4. The first-order chi connectivity index (χ1) is 8.71. The number of hydrogen-bond acceptors (Lipinski definition) is 3. The monoisotopic (exact) mass is 284 g/mol. The average Bonchev–Trinajstić information content (AvgIpc) is 2.27. The van der Waals surface area contributed by atoms with Gasteiger partial charge in [-0.3, -0.25) is 4.79 Å². The van der Waals surface area contributed by atoms with Crippen LogP contribution in [0, 0.1) is 19.8 Å². The topological polar surface area (TPSA) is 71.4 Å². The predicted octanol–water partition coefficient (Wildman–Crippen LogP) is 2.58. The highest BCUT2D eigenvalue weighted by Crippen LogP contribution is 2.26. The molecule has 0 amide bonds. The van der Waals surface area contributed by atoms with E-state index in [1.807, 2.05) is 6.92 Å². The van der Waals surface area contributed by atoms with Crippen LogP contribution in [0.3, 0.4) is 0 Å². The zero-order chi connectivity index (χ0) is 14.8. The highest BCUT2D eigenvalue weighted by atomic mass is 32.2. The maximum absolute atomic E-state index is 12.5. The fraction of sp³-hybridized carbons (Fsp3) is 0.500. The highest BCUT2D eigenvalue weighted by molar-refractivity contribution is 7.92. The molecule has 0 fully saturated rings. The summed E-state index contributed by atoms with van der Waals surface area (Å²) in [6.07, 6.45) is 0.501. The highest BCUT2D eigenvalue weighted by Gasteiger charge is 2.38. The molecule has 1 N–H and O–H groups in total. The SMILES string of the molecule is CCC(C)C(C(=O)O)S(=O)(=O)c1ccc(C)cc1C. The minimum Gasteiger partial charge on any atom is -0.480 e. The molecule has 2 unspecified atom stereocenters. The maximum Gasteiger partial charge on any atom is 0.322 e. The number of carbonyl (C=O) groups is 1. The van der Waals surface area contributed by atoms with Gasteiger partial charge in [0.25, 0.3) is 0 Å². The second-order valence-corrected chi connectivity index (χ2v) is 7.00. The van der Waals surface area contributed by atoms with E-state index in [0.29, 0.717) is 12.0 Å². The molecule has 0 aromatic heterocycles. The lowest BCUT2D eigenvalue weighted by atomic mass is 10.1. The van der Waals surface area contributed by atoms with Crippen molar-refractivity contribution in [2.75, 3.05) is 0 Å². The van der Waals surface area contributed by atoms with Gasteiger partial charge in [0.2, 0.25) is 0 Å². The lowest BCUT2D eigenvalue weighted by Crippen LogP contribution is -2.36. The molecule has 0 aliphatic carbocycles. The number of carboxylic acids is 1. The summed E-state index contributed by atoms with van der Waals surface area (Å²) in [5.41, 5.74) is 1.54. The predicted molar refractivity (Wildman–Crippen MR) is 74.0 cm³/mol. The number of aryl methyl sites for hydroxylation is 2. The summed E-state index contributed by atoms with van der Waals surface area (Å²) >= 11 is 0. The van der Waals surface area contributed by atoms with Crippen LogP contribution in [0.5, 0.6) is 0 Å². The fourth-order valence-corrected chi connectivity index (χ4v) is 4.26. The van der Waals surface area contributed by atoms with E-state index < -0.39 is 27.0 Å². The quantitative estimate of drug-likeness (QED) is 0.902. The van der Waals surface area contributed by atoms with Gasteiger partial charge < -0.3 is 5.11 Å². The summed E-state index contributed by atoms with van der Waals surface area (Å²) in [6.45, 7) is 7.00. The van der Waals surface area contributed by atoms with Gasteiger partial charge in [-0.05, 0) is 31.4 Å². The van der Waals surface area contributed by atoms with Gasteiger partial charge in [0, 0.05) is 0 Å². The van der Waals surface area contributed by atoms with Crippen LogP contribution in [0.15, 0.2) is 23.1 Å². The van der Waals surface area contributed by atoms with Crippen molar-refractivity contribution in [1.82, 2.24) is 0 Å². The molecule has 0 bridgehead atoms. The Bertz CT molecular complexity index is 575. The third-order valence-corrected chi connectivity index (χ3v) is 5.78. The van der Waals surface area contributed by atoms with Crippen molar-refractivity contribution in [2.45, 2.75) is 44.3 Å². The number of carboxylic acid groups (broad SMARTS) is 1. The first-order valence-electron chi connectivity index (χ1n) is 6.25. The van der Waals surface area contributed by atoms with Gasteiger partial charge in [-0.1, -0.05) is 38.0 Å². The Morgan fingerprint density at radius 3 is 2.32 bits per heavy atom. The van der Waals surface area contributed by atoms with Crippen molar-refractivity contribution < 1.29 is 18.3 Å². The number of hydrogen-bond donors (Lipinski definition) is 1. The van der Waals surface area contributed by atoms with E-state index in [0.717, 1.165) is 5.56 Å². The molecule has 0 saturated carbocycles. The van der Waals surface area contributed by atoms with Crippen molar-refractivity contribution in [3.05, 3.63) is 29.3 Å². The number of rotatable bonds is 5. The van der Waals surface area contributed by atoms with E-state index in [1.165, 1.54) is 6.07 Å². The maximum atomic E-state index is 12.5. The molecule has 0 spiro atoms. The zero-order valence-electron chi connectivity index (χ0n) is 11.7. The molecule has 0 aliphatic heterocycles.